The van der Waals surface area contributed by atoms with E-state index < -0.39 is 12.4 Å². The van der Waals surface area contributed by atoms with E-state index in [4.69, 9.17) is 9.47 Å². The Balaban J connectivity index is 2.69. The van der Waals surface area contributed by atoms with Gasteiger partial charge in [-0.2, -0.15) is 0 Å². The SMILES string of the molecule is COC(OC)C(O)Cc1ccc(C)c(C)c1. The lowest BCUT2D eigenvalue weighted by Gasteiger charge is -2.20. The number of aryl methyl sites for hydroxylation is 2. The van der Waals surface area contributed by atoms with Gasteiger partial charge in [0.2, 0.25) is 0 Å². The fourth-order valence-corrected chi connectivity index (χ4v) is 1.68. The molecule has 3 heteroatoms. The fourth-order valence-electron chi connectivity index (χ4n) is 1.68. The van der Waals surface area contributed by atoms with E-state index in [1.807, 2.05) is 6.07 Å². The molecule has 1 atom stereocenters. The van der Waals surface area contributed by atoms with Crippen molar-refractivity contribution in [3.05, 3.63) is 34.9 Å². The van der Waals surface area contributed by atoms with E-state index in [0.29, 0.717) is 6.42 Å². The molecule has 16 heavy (non-hydrogen) atoms. The van der Waals surface area contributed by atoms with Crippen LogP contribution in [0, 0.1) is 13.8 Å². The number of benzene rings is 1. The first kappa shape index (κ1) is 13.2. The van der Waals surface area contributed by atoms with E-state index in [2.05, 4.69) is 26.0 Å². The Hall–Kier alpha value is -0.900. The van der Waals surface area contributed by atoms with Gasteiger partial charge in [-0.05, 0) is 30.5 Å². The standard InChI is InChI=1S/C13H20O3/c1-9-5-6-11(7-10(9)2)8-12(14)13(15-3)16-4/h5-7,12-14H,8H2,1-4H3. The van der Waals surface area contributed by atoms with Gasteiger partial charge in [-0.15, -0.1) is 0 Å². The first-order valence-corrected chi connectivity index (χ1v) is 5.38. The summed E-state index contributed by atoms with van der Waals surface area (Å²) < 4.78 is 10.0. The molecule has 0 heterocycles. The van der Waals surface area contributed by atoms with Gasteiger partial charge in [0.05, 0.1) is 0 Å². The van der Waals surface area contributed by atoms with Gasteiger partial charge in [-0.25, -0.2) is 0 Å². The van der Waals surface area contributed by atoms with E-state index in [1.54, 1.807) is 0 Å². The number of aliphatic hydroxyl groups is 1. The number of hydrogen-bond acceptors (Lipinski definition) is 3. The predicted molar refractivity (Wildman–Crippen MR) is 63.4 cm³/mol. The van der Waals surface area contributed by atoms with Gasteiger partial charge in [0, 0.05) is 20.6 Å². The highest BCUT2D eigenvalue weighted by molar-refractivity contribution is 5.30. The molecule has 1 aromatic carbocycles. The van der Waals surface area contributed by atoms with Gasteiger partial charge in [0.1, 0.15) is 6.10 Å². The van der Waals surface area contributed by atoms with Crippen molar-refractivity contribution in [2.45, 2.75) is 32.7 Å². The van der Waals surface area contributed by atoms with Gasteiger partial charge in [0.25, 0.3) is 0 Å². The summed E-state index contributed by atoms with van der Waals surface area (Å²) in [4.78, 5) is 0. The van der Waals surface area contributed by atoms with Crippen LogP contribution in [0.2, 0.25) is 0 Å². The zero-order valence-corrected chi connectivity index (χ0v) is 10.4. The van der Waals surface area contributed by atoms with E-state index in [0.717, 1.165) is 5.56 Å². The van der Waals surface area contributed by atoms with Crippen molar-refractivity contribution < 1.29 is 14.6 Å². The van der Waals surface area contributed by atoms with Crippen molar-refractivity contribution in [2.75, 3.05) is 14.2 Å². The Kier molecular flexibility index (Phi) is 4.93. The van der Waals surface area contributed by atoms with Crippen molar-refractivity contribution in [3.63, 3.8) is 0 Å². The lowest BCUT2D eigenvalue weighted by Crippen LogP contribution is -2.31. The normalized spacial score (nSPS) is 13.1. The van der Waals surface area contributed by atoms with Gasteiger partial charge < -0.3 is 14.6 Å². The topological polar surface area (TPSA) is 38.7 Å². The predicted octanol–water partition coefficient (Wildman–Crippen LogP) is 1.83. The highest BCUT2D eigenvalue weighted by atomic mass is 16.7. The first-order chi connectivity index (χ1) is 7.58. The highest BCUT2D eigenvalue weighted by Gasteiger charge is 2.18. The van der Waals surface area contributed by atoms with Crippen LogP contribution in [0.4, 0.5) is 0 Å². The maximum absolute atomic E-state index is 9.87. The first-order valence-electron chi connectivity index (χ1n) is 5.38. The van der Waals surface area contributed by atoms with Gasteiger partial charge >= 0.3 is 0 Å². The molecule has 1 rings (SSSR count). The molecule has 0 aliphatic rings. The Morgan fingerprint density at radius 3 is 2.25 bits per heavy atom. The zero-order valence-electron chi connectivity index (χ0n) is 10.4. The largest absolute Gasteiger partial charge is 0.387 e. The molecule has 0 aromatic heterocycles. The van der Waals surface area contributed by atoms with E-state index in [1.165, 1.54) is 25.3 Å². The maximum Gasteiger partial charge on any atom is 0.183 e. The molecule has 90 valence electrons. The molecule has 0 bridgehead atoms. The summed E-state index contributed by atoms with van der Waals surface area (Å²) in [5.41, 5.74) is 3.58. The molecule has 0 saturated carbocycles. The Morgan fingerprint density at radius 1 is 1.12 bits per heavy atom. The average molecular weight is 224 g/mol. The summed E-state index contributed by atoms with van der Waals surface area (Å²) >= 11 is 0. The molecule has 1 unspecified atom stereocenters. The lowest BCUT2D eigenvalue weighted by atomic mass is 10.0. The third-order valence-corrected chi connectivity index (χ3v) is 2.79. The number of hydrogen-bond donors (Lipinski definition) is 1. The van der Waals surface area contributed by atoms with Crippen LogP contribution < -0.4 is 0 Å². The number of aliphatic hydroxyl groups excluding tert-OH is 1. The molecular formula is C13H20O3. The third kappa shape index (κ3) is 3.30. The molecular weight excluding hydrogens is 204 g/mol. The molecule has 0 spiro atoms. The van der Waals surface area contributed by atoms with Crippen molar-refractivity contribution in [3.8, 4) is 0 Å². The minimum atomic E-state index is -0.642. The summed E-state index contributed by atoms with van der Waals surface area (Å²) in [6.07, 6.45) is -0.674. The average Bonchev–Trinajstić information content (AvgIpc) is 2.25. The van der Waals surface area contributed by atoms with Crippen molar-refractivity contribution >= 4 is 0 Å². The van der Waals surface area contributed by atoms with Crippen molar-refractivity contribution in [2.24, 2.45) is 0 Å². The molecule has 1 aromatic rings. The molecule has 3 nitrogen and oxygen atoms in total. The Morgan fingerprint density at radius 2 is 1.75 bits per heavy atom. The number of methoxy groups -OCH3 is 2. The van der Waals surface area contributed by atoms with Gasteiger partial charge in [0.15, 0.2) is 6.29 Å². The Labute approximate surface area is 97.0 Å². The minimum absolute atomic E-state index is 0.535. The van der Waals surface area contributed by atoms with Crippen molar-refractivity contribution in [1.82, 2.24) is 0 Å². The van der Waals surface area contributed by atoms with Crippen LogP contribution in [0.3, 0.4) is 0 Å². The van der Waals surface area contributed by atoms with Crippen molar-refractivity contribution in [1.29, 1.82) is 0 Å². The summed E-state index contributed by atoms with van der Waals surface area (Å²) in [6, 6.07) is 6.17. The number of ether oxygens (including phenoxy) is 2. The lowest BCUT2D eigenvalue weighted by molar-refractivity contribution is -0.163. The molecule has 0 fully saturated rings. The summed E-state index contributed by atoms with van der Waals surface area (Å²) in [5, 5.41) is 9.87. The molecule has 0 saturated heterocycles. The zero-order chi connectivity index (χ0) is 12.1. The molecule has 0 amide bonds. The second kappa shape index (κ2) is 5.99. The second-order valence-corrected chi connectivity index (χ2v) is 4.03. The summed E-state index contributed by atoms with van der Waals surface area (Å²) in [7, 11) is 3.05. The van der Waals surface area contributed by atoms with Crippen LogP contribution in [0.15, 0.2) is 18.2 Å². The monoisotopic (exact) mass is 224 g/mol. The van der Waals surface area contributed by atoms with Crippen LogP contribution in [0.5, 0.6) is 0 Å². The molecule has 0 aliphatic carbocycles. The second-order valence-electron chi connectivity index (χ2n) is 4.03. The Bertz CT molecular complexity index is 332. The molecule has 1 N–H and O–H groups in total. The van der Waals surface area contributed by atoms with Crippen LogP contribution in [0.25, 0.3) is 0 Å². The molecule has 0 radical (unpaired) electrons. The fraction of sp³-hybridized carbons (Fsp3) is 0.538. The maximum atomic E-state index is 9.87. The third-order valence-electron chi connectivity index (χ3n) is 2.79. The van der Waals surface area contributed by atoms with Crippen LogP contribution in [0.1, 0.15) is 16.7 Å². The highest BCUT2D eigenvalue weighted by Crippen LogP contribution is 2.13. The van der Waals surface area contributed by atoms with Crippen LogP contribution >= 0.6 is 0 Å². The van der Waals surface area contributed by atoms with Gasteiger partial charge in [-0.3, -0.25) is 0 Å². The minimum Gasteiger partial charge on any atom is -0.387 e. The summed E-state index contributed by atoms with van der Waals surface area (Å²) in [5.74, 6) is 0. The quantitative estimate of drug-likeness (QED) is 0.775. The molecule has 0 aliphatic heterocycles. The van der Waals surface area contributed by atoms with Crippen LogP contribution in [-0.2, 0) is 15.9 Å². The van der Waals surface area contributed by atoms with Gasteiger partial charge in [-0.1, -0.05) is 18.2 Å². The summed E-state index contributed by atoms with van der Waals surface area (Å²) in [6.45, 7) is 4.14. The van der Waals surface area contributed by atoms with E-state index >= 15 is 0 Å². The van der Waals surface area contributed by atoms with E-state index in [9.17, 15) is 5.11 Å². The van der Waals surface area contributed by atoms with E-state index in [-0.39, 0.29) is 0 Å². The smallest absolute Gasteiger partial charge is 0.183 e. The number of rotatable bonds is 5. The van der Waals surface area contributed by atoms with Crippen LogP contribution in [-0.4, -0.2) is 31.7 Å².